The van der Waals surface area contributed by atoms with E-state index in [1.807, 2.05) is 0 Å². The van der Waals surface area contributed by atoms with Crippen LogP contribution in [-0.2, 0) is 27.9 Å². The van der Waals surface area contributed by atoms with E-state index < -0.39 is 13.9 Å². The number of hydrogen-bond donors (Lipinski definition) is 2. The predicted molar refractivity (Wildman–Crippen MR) is 132 cm³/mol. The van der Waals surface area contributed by atoms with Gasteiger partial charge in [-0.1, -0.05) is 90.9 Å². The monoisotopic (exact) mass is 495 g/mol. The van der Waals surface area contributed by atoms with Gasteiger partial charge in [0.2, 0.25) is 0 Å². The molecule has 0 radical (unpaired) electrons. The number of phosphoric ester groups is 1. The Kier molecular flexibility index (Phi) is 22.9. The highest BCUT2D eigenvalue weighted by molar-refractivity contribution is 7.47. The lowest BCUT2D eigenvalue weighted by Gasteiger charge is -2.20. The number of rotatable bonds is 25. The summed E-state index contributed by atoms with van der Waals surface area (Å²) in [6, 6.07) is 0. The highest BCUT2D eigenvalue weighted by Crippen LogP contribution is 2.43. The van der Waals surface area contributed by atoms with Gasteiger partial charge < -0.3 is 20.1 Å². The van der Waals surface area contributed by atoms with Crippen LogP contribution in [0.5, 0.6) is 0 Å². The van der Waals surface area contributed by atoms with Crippen LogP contribution in [0.1, 0.15) is 110 Å². The van der Waals surface area contributed by atoms with Gasteiger partial charge in [0.25, 0.3) is 0 Å². The smallest absolute Gasteiger partial charge is 0.457 e. The molecule has 0 heterocycles. The molecule has 0 aromatic carbocycles. The number of unbranched alkanes of at least 4 members (excludes halogenated alkanes) is 12. The molecule has 198 valence electrons. The summed E-state index contributed by atoms with van der Waals surface area (Å²) in [6.07, 6.45) is 15.8. The maximum Gasteiger partial charge on any atom is 0.472 e. The molecular weight excluding hydrogens is 445 g/mol. The van der Waals surface area contributed by atoms with Crippen molar-refractivity contribution in [1.82, 2.24) is 0 Å². The molecule has 0 bridgehead atoms. The quantitative estimate of drug-likeness (QED) is 0.0913. The normalized spacial score (nSPS) is 14.2. The number of carbonyl (C=O) groups is 1. The minimum Gasteiger partial charge on any atom is -0.457 e. The Labute approximate surface area is 201 Å². The zero-order chi connectivity index (χ0) is 24.6. The lowest BCUT2D eigenvalue weighted by atomic mass is 10.1. The Morgan fingerprint density at radius 1 is 0.788 bits per heavy atom. The standard InChI is InChI=1S/C24H50NO7P/c1-3-5-7-9-10-11-12-14-16-19-29-21-23(22-31-33(27,28)30-20-18-25)32-24(26)17-15-13-8-6-4-2/h23H,3-22,25H2,1-2H3,(H,27,28). The van der Waals surface area contributed by atoms with Gasteiger partial charge in [0.05, 0.1) is 19.8 Å². The Hall–Kier alpha value is -0.500. The summed E-state index contributed by atoms with van der Waals surface area (Å²) in [6.45, 7) is 4.79. The predicted octanol–water partition coefficient (Wildman–Crippen LogP) is 5.90. The molecule has 0 saturated heterocycles. The fourth-order valence-corrected chi connectivity index (χ4v) is 4.11. The third-order valence-corrected chi connectivity index (χ3v) is 6.26. The van der Waals surface area contributed by atoms with Gasteiger partial charge in [-0.2, -0.15) is 0 Å². The number of esters is 1. The van der Waals surface area contributed by atoms with Crippen LogP contribution in [0.2, 0.25) is 0 Å². The van der Waals surface area contributed by atoms with E-state index >= 15 is 0 Å². The number of nitrogens with two attached hydrogens (primary N) is 1. The zero-order valence-electron chi connectivity index (χ0n) is 21.1. The van der Waals surface area contributed by atoms with Crippen LogP contribution in [0.25, 0.3) is 0 Å². The molecule has 8 nitrogen and oxygen atoms in total. The van der Waals surface area contributed by atoms with E-state index in [9.17, 15) is 14.3 Å². The molecule has 33 heavy (non-hydrogen) atoms. The van der Waals surface area contributed by atoms with E-state index in [0.717, 1.165) is 44.9 Å². The molecule has 0 aliphatic carbocycles. The van der Waals surface area contributed by atoms with Crippen molar-refractivity contribution < 1.29 is 32.8 Å². The number of hydrogen-bond acceptors (Lipinski definition) is 7. The third-order valence-electron chi connectivity index (χ3n) is 5.27. The van der Waals surface area contributed by atoms with Crippen LogP contribution >= 0.6 is 7.82 Å². The molecule has 0 aliphatic rings. The first-order valence-corrected chi connectivity index (χ1v) is 14.5. The Morgan fingerprint density at radius 3 is 1.91 bits per heavy atom. The van der Waals surface area contributed by atoms with Crippen LogP contribution in [0.3, 0.4) is 0 Å². The largest absolute Gasteiger partial charge is 0.472 e. The van der Waals surface area contributed by atoms with Gasteiger partial charge >= 0.3 is 13.8 Å². The first kappa shape index (κ1) is 32.5. The summed E-state index contributed by atoms with van der Waals surface area (Å²) < 4.78 is 32.7. The average molecular weight is 496 g/mol. The second-order valence-electron chi connectivity index (χ2n) is 8.57. The Balaban J connectivity index is 4.20. The maximum absolute atomic E-state index is 12.2. The molecule has 0 saturated carbocycles. The topological polar surface area (TPSA) is 117 Å². The van der Waals surface area contributed by atoms with E-state index in [1.165, 1.54) is 44.9 Å². The van der Waals surface area contributed by atoms with E-state index in [2.05, 4.69) is 13.8 Å². The van der Waals surface area contributed by atoms with Crippen LogP contribution in [0.4, 0.5) is 0 Å². The van der Waals surface area contributed by atoms with Crippen molar-refractivity contribution in [3.63, 3.8) is 0 Å². The van der Waals surface area contributed by atoms with Gasteiger partial charge in [-0.3, -0.25) is 13.8 Å². The fourth-order valence-electron chi connectivity index (χ4n) is 3.35. The summed E-state index contributed by atoms with van der Waals surface area (Å²) in [7, 11) is -4.23. The SMILES string of the molecule is CCCCCCCCCCCOCC(COP(=O)(O)OCCN)OC(=O)CCCCCCC. The fraction of sp³-hybridized carbons (Fsp3) is 0.958. The van der Waals surface area contributed by atoms with Gasteiger partial charge in [-0.05, 0) is 12.8 Å². The van der Waals surface area contributed by atoms with Crippen LogP contribution in [0, 0.1) is 0 Å². The Bertz CT molecular complexity index is 493. The summed E-state index contributed by atoms with van der Waals surface area (Å²) in [5.41, 5.74) is 5.28. The van der Waals surface area contributed by atoms with Gasteiger partial charge in [0.15, 0.2) is 0 Å². The summed E-state index contributed by atoms with van der Waals surface area (Å²) in [5.74, 6) is -0.345. The zero-order valence-corrected chi connectivity index (χ0v) is 22.0. The molecule has 2 unspecified atom stereocenters. The summed E-state index contributed by atoms with van der Waals surface area (Å²) in [4.78, 5) is 21.9. The first-order valence-electron chi connectivity index (χ1n) is 13.0. The van der Waals surface area contributed by atoms with E-state index in [1.54, 1.807) is 0 Å². The minimum absolute atomic E-state index is 0.0922. The van der Waals surface area contributed by atoms with Crippen LogP contribution < -0.4 is 5.73 Å². The van der Waals surface area contributed by atoms with Crippen molar-refractivity contribution in [3.8, 4) is 0 Å². The van der Waals surface area contributed by atoms with Crippen molar-refractivity contribution >= 4 is 13.8 Å². The first-order chi connectivity index (χ1) is 15.9. The molecule has 0 spiro atoms. The van der Waals surface area contributed by atoms with Gasteiger partial charge in [-0.15, -0.1) is 0 Å². The summed E-state index contributed by atoms with van der Waals surface area (Å²) in [5, 5.41) is 0. The van der Waals surface area contributed by atoms with Crippen molar-refractivity contribution in [1.29, 1.82) is 0 Å². The summed E-state index contributed by atoms with van der Waals surface area (Å²) >= 11 is 0. The van der Waals surface area contributed by atoms with Gasteiger partial charge in [0.1, 0.15) is 6.10 Å². The molecule has 2 atom stereocenters. The molecule has 0 aromatic rings. The van der Waals surface area contributed by atoms with E-state index in [4.69, 9.17) is 24.3 Å². The van der Waals surface area contributed by atoms with E-state index in [-0.39, 0.29) is 32.3 Å². The highest BCUT2D eigenvalue weighted by atomic mass is 31.2. The number of carbonyl (C=O) groups excluding carboxylic acids is 1. The molecule has 3 N–H and O–H groups in total. The molecule has 0 aliphatic heterocycles. The maximum atomic E-state index is 12.2. The van der Waals surface area contributed by atoms with Crippen LogP contribution in [0.15, 0.2) is 0 Å². The second-order valence-corrected chi connectivity index (χ2v) is 10.0. The number of ether oxygens (including phenoxy) is 2. The van der Waals surface area contributed by atoms with Gasteiger partial charge in [-0.25, -0.2) is 4.57 Å². The molecule has 9 heteroatoms. The highest BCUT2D eigenvalue weighted by Gasteiger charge is 2.25. The number of phosphoric acid groups is 1. The molecular formula is C24H50NO7P. The van der Waals surface area contributed by atoms with E-state index in [0.29, 0.717) is 13.0 Å². The van der Waals surface area contributed by atoms with Crippen LogP contribution in [-0.4, -0.2) is 49.9 Å². The van der Waals surface area contributed by atoms with Gasteiger partial charge in [0, 0.05) is 19.6 Å². The molecule has 0 rings (SSSR count). The molecule has 0 aromatic heterocycles. The second kappa shape index (κ2) is 23.3. The average Bonchev–Trinajstić information content (AvgIpc) is 2.79. The van der Waals surface area contributed by atoms with Crippen molar-refractivity contribution in [2.45, 2.75) is 116 Å². The lowest BCUT2D eigenvalue weighted by Crippen LogP contribution is -2.28. The molecule has 0 amide bonds. The van der Waals surface area contributed by atoms with Crippen molar-refractivity contribution in [2.24, 2.45) is 5.73 Å². The molecule has 0 fully saturated rings. The van der Waals surface area contributed by atoms with Crippen molar-refractivity contribution in [2.75, 3.05) is 33.0 Å². The van der Waals surface area contributed by atoms with Crippen molar-refractivity contribution in [3.05, 3.63) is 0 Å². The third kappa shape index (κ3) is 23.0. The Morgan fingerprint density at radius 2 is 1.33 bits per heavy atom. The lowest BCUT2D eigenvalue weighted by molar-refractivity contribution is -0.154. The minimum atomic E-state index is -4.23.